The molecule has 0 saturated heterocycles. The van der Waals surface area contributed by atoms with E-state index in [4.69, 9.17) is 17.3 Å². The highest BCUT2D eigenvalue weighted by molar-refractivity contribution is 9.10. The standard InChI is InChI=1S/C14H22BrClN2S/c1-18(9-10-5-3-2-4-6-10)12(8-17)13-7-11(15)14(16)19-13/h7,10,12H,2-6,8-9,17H2,1H3. The Bertz CT molecular complexity index is 385. The molecule has 1 saturated carbocycles. The van der Waals surface area contributed by atoms with E-state index in [1.807, 2.05) is 0 Å². The largest absolute Gasteiger partial charge is 0.329 e. The summed E-state index contributed by atoms with van der Waals surface area (Å²) < 4.78 is 1.80. The van der Waals surface area contributed by atoms with Crippen LogP contribution >= 0.6 is 38.9 Å². The molecule has 0 bridgehead atoms. The fourth-order valence-corrected chi connectivity index (χ4v) is 4.86. The Morgan fingerprint density at radius 2 is 2.16 bits per heavy atom. The van der Waals surface area contributed by atoms with Crippen molar-refractivity contribution in [3.63, 3.8) is 0 Å². The average Bonchev–Trinajstić information content (AvgIpc) is 2.71. The molecule has 1 fully saturated rings. The summed E-state index contributed by atoms with van der Waals surface area (Å²) in [6.07, 6.45) is 6.94. The smallest absolute Gasteiger partial charge is 0.107 e. The summed E-state index contributed by atoms with van der Waals surface area (Å²) in [6, 6.07) is 2.40. The Balaban J connectivity index is 1.99. The van der Waals surface area contributed by atoms with Crippen LogP contribution in [0.4, 0.5) is 0 Å². The van der Waals surface area contributed by atoms with Crippen LogP contribution < -0.4 is 5.73 Å². The molecule has 0 spiro atoms. The van der Waals surface area contributed by atoms with Crippen LogP contribution in [0, 0.1) is 5.92 Å². The number of hydrogen-bond acceptors (Lipinski definition) is 3. The zero-order chi connectivity index (χ0) is 13.8. The maximum Gasteiger partial charge on any atom is 0.107 e. The minimum absolute atomic E-state index is 0.288. The van der Waals surface area contributed by atoms with Gasteiger partial charge in [-0.1, -0.05) is 30.9 Å². The third-order valence-electron chi connectivity index (χ3n) is 4.02. The van der Waals surface area contributed by atoms with Crippen molar-refractivity contribution >= 4 is 38.9 Å². The van der Waals surface area contributed by atoms with Crippen molar-refractivity contribution in [2.24, 2.45) is 11.7 Å². The minimum atomic E-state index is 0.288. The van der Waals surface area contributed by atoms with Gasteiger partial charge in [-0.05, 0) is 47.8 Å². The van der Waals surface area contributed by atoms with Gasteiger partial charge in [0.25, 0.3) is 0 Å². The molecule has 108 valence electrons. The van der Waals surface area contributed by atoms with Gasteiger partial charge >= 0.3 is 0 Å². The van der Waals surface area contributed by atoms with E-state index >= 15 is 0 Å². The molecule has 1 unspecified atom stereocenters. The first-order valence-electron chi connectivity index (χ1n) is 6.97. The molecule has 5 heteroatoms. The fourth-order valence-electron chi connectivity index (χ4n) is 2.95. The molecule has 1 aromatic heterocycles. The summed E-state index contributed by atoms with van der Waals surface area (Å²) in [7, 11) is 2.19. The van der Waals surface area contributed by atoms with Crippen LogP contribution in [-0.2, 0) is 0 Å². The molecule has 0 radical (unpaired) electrons. The third kappa shape index (κ3) is 4.18. The predicted octanol–water partition coefficient (Wildman–Crippen LogP) is 4.68. The SMILES string of the molecule is CN(CC1CCCCC1)C(CN)c1cc(Br)c(Cl)s1. The van der Waals surface area contributed by atoms with Crippen LogP contribution in [0.5, 0.6) is 0 Å². The minimum Gasteiger partial charge on any atom is -0.329 e. The highest BCUT2D eigenvalue weighted by Gasteiger charge is 2.22. The van der Waals surface area contributed by atoms with E-state index in [-0.39, 0.29) is 6.04 Å². The van der Waals surface area contributed by atoms with Gasteiger partial charge in [-0.3, -0.25) is 4.90 Å². The van der Waals surface area contributed by atoms with Crippen molar-refractivity contribution in [1.29, 1.82) is 0 Å². The molecule has 2 N–H and O–H groups in total. The number of rotatable bonds is 5. The Hall–Kier alpha value is 0.390. The fraction of sp³-hybridized carbons (Fsp3) is 0.714. The summed E-state index contributed by atoms with van der Waals surface area (Å²) >= 11 is 11.3. The molecule has 2 nitrogen and oxygen atoms in total. The zero-order valence-electron chi connectivity index (χ0n) is 11.4. The first-order chi connectivity index (χ1) is 9.11. The van der Waals surface area contributed by atoms with Crippen molar-refractivity contribution in [3.05, 3.63) is 19.8 Å². The van der Waals surface area contributed by atoms with Crippen LogP contribution in [-0.4, -0.2) is 25.0 Å². The van der Waals surface area contributed by atoms with Gasteiger partial charge in [-0.2, -0.15) is 0 Å². The van der Waals surface area contributed by atoms with E-state index in [9.17, 15) is 0 Å². The number of hydrogen-bond donors (Lipinski definition) is 1. The quantitative estimate of drug-likeness (QED) is 0.821. The highest BCUT2D eigenvalue weighted by Crippen LogP contribution is 2.37. The normalized spacial score (nSPS) is 19.0. The van der Waals surface area contributed by atoms with Gasteiger partial charge in [0, 0.05) is 22.4 Å². The second-order valence-corrected chi connectivity index (χ2v) is 8.01. The molecule has 0 aliphatic heterocycles. The Kier molecular flexibility index (Phi) is 6.15. The number of likely N-dealkylation sites (N-methyl/N-ethyl adjacent to an activating group) is 1. The van der Waals surface area contributed by atoms with Gasteiger partial charge in [-0.25, -0.2) is 0 Å². The topological polar surface area (TPSA) is 29.3 Å². The van der Waals surface area contributed by atoms with E-state index in [1.165, 1.54) is 37.0 Å². The van der Waals surface area contributed by atoms with Crippen LogP contribution in [0.2, 0.25) is 4.34 Å². The van der Waals surface area contributed by atoms with Crippen molar-refractivity contribution in [3.8, 4) is 0 Å². The first kappa shape index (κ1) is 15.8. The average molecular weight is 366 g/mol. The van der Waals surface area contributed by atoms with Crippen LogP contribution in [0.15, 0.2) is 10.5 Å². The summed E-state index contributed by atoms with van der Waals surface area (Å²) in [5.41, 5.74) is 5.98. The van der Waals surface area contributed by atoms with Crippen LogP contribution in [0.3, 0.4) is 0 Å². The molecule has 19 heavy (non-hydrogen) atoms. The van der Waals surface area contributed by atoms with Crippen LogP contribution in [0.1, 0.15) is 43.0 Å². The zero-order valence-corrected chi connectivity index (χ0v) is 14.5. The number of nitrogens with two attached hydrogens (primary N) is 1. The van der Waals surface area contributed by atoms with Crippen molar-refractivity contribution in [2.45, 2.75) is 38.1 Å². The lowest BCUT2D eigenvalue weighted by Gasteiger charge is -2.31. The van der Waals surface area contributed by atoms with Gasteiger partial charge < -0.3 is 5.73 Å². The second-order valence-electron chi connectivity index (χ2n) is 5.47. The van der Waals surface area contributed by atoms with E-state index in [1.54, 1.807) is 11.3 Å². The summed E-state index contributed by atoms with van der Waals surface area (Å²) in [6.45, 7) is 1.79. The number of halogens is 2. The molecule has 2 rings (SSSR count). The molecular formula is C14H22BrClN2S. The maximum absolute atomic E-state index is 6.14. The summed E-state index contributed by atoms with van der Waals surface area (Å²) in [5, 5.41) is 0. The monoisotopic (exact) mass is 364 g/mol. The summed E-state index contributed by atoms with van der Waals surface area (Å²) in [4.78, 5) is 3.67. The van der Waals surface area contributed by atoms with Gasteiger partial charge in [-0.15, -0.1) is 11.3 Å². The van der Waals surface area contributed by atoms with Gasteiger partial charge in [0.15, 0.2) is 0 Å². The van der Waals surface area contributed by atoms with E-state index in [2.05, 4.69) is 33.9 Å². The number of thiophene rings is 1. The molecule has 1 aromatic rings. The van der Waals surface area contributed by atoms with Crippen molar-refractivity contribution in [1.82, 2.24) is 4.90 Å². The first-order valence-corrected chi connectivity index (χ1v) is 8.95. The van der Waals surface area contributed by atoms with Crippen LogP contribution in [0.25, 0.3) is 0 Å². The van der Waals surface area contributed by atoms with E-state index in [0.29, 0.717) is 6.54 Å². The molecule has 1 heterocycles. The Labute approximate surface area is 133 Å². The van der Waals surface area contributed by atoms with Crippen molar-refractivity contribution in [2.75, 3.05) is 20.1 Å². The highest BCUT2D eigenvalue weighted by atomic mass is 79.9. The molecule has 1 aliphatic rings. The van der Waals surface area contributed by atoms with E-state index < -0.39 is 0 Å². The lowest BCUT2D eigenvalue weighted by Crippen LogP contribution is -2.34. The Morgan fingerprint density at radius 3 is 2.68 bits per heavy atom. The molecule has 0 amide bonds. The van der Waals surface area contributed by atoms with Gasteiger partial charge in [0.2, 0.25) is 0 Å². The molecule has 0 aromatic carbocycles. The predicted molar refractivity (Wildman–Crippen MR) is 88.0 cm³/mol. The molecule has 1 atom stereocenters. The maximum atomic E-state index is 6.14. The summed E-state index contributed by atoms with van der Waals surface area (Å²) in [5.74, 6) is 0.840. The van der Waals surface area contributed by atoms with Gasteiger partial charge in [0.05, 0.1) is 6.04 Å². The second kappa shape index (κ2) is 7.41. The van der Waals surface area contributed by atoms with Gasteiger partial charge in [0.1, 0.15) is 4.34 Å². The number of nitrogens with zero attached hydrogens (tertiary/aromatic N) is 1. The molecule has 1 aliphatic carbocycles. The van der Waals surface area contributed by atoms with Crippen molar-refractivity contribution < 1.29 is 0 Å². The lowest BCUT2D eigenvalue weighted by molar-refractivity contribution is 0.187. The lowest BCUT2D eigenvalue weighted by atomic mass is 9.88. The molecular weight excluding hydrogens is 344 g/mol. The Morgan fingerprint density at radius 1 is 1.47 bits per heavy atom. The third-order valence-corrected chi connectivity index (χ3v) is 6.59. The van der Waals surface area contributed by atoms with E-state index in [0.717, 1.165) is 21.3 Å².